The van der Waals surface area contributed by atoms with E-state index in [0.717, 1.165) is 5.69 Å². The average molecular weight is 231 g/mol. The van der Waals surface area contributed by atoms with Crippen LogP contribution < -0.4 is 11.3 Å². The molecule has 5 nitrogen and oxygen atoms in total. The van der Waals surface area contributed by atoms with Crippen LogP contribution in [-0.4, -0.2) is 34.9 Å². The van der Waals surface area contributed by atoms with Gasteiger partial charge in [-0.05, 0) is 14.0 Å². The number of nitrogen functional groups attached to an aromatic ring is 1. The summed E-state index contributed by atoms with van der Waals surface area (Å²) in [6.07, 6.45) is -2.36. The predicted molar refractivity (Wildman–Crippen MR) is 56.9 cm³/mol. The Morgan fingerprint density at radius 1 is 1.50 bits per heavy atom. The van der Waals surface area contributed by atoms with Crippen molar-refractivity contribution in [2.24, 2.45) is 5.84 Å². The largest absolute Gasteiger partial charge is 0.308 e. The van der Waals surface area contributed by atoms with E-state index in [2.05, 4.69) is 15.4 Å². The van der Waals surface area contributed by atoms with Crippen LogP contribution in [0.2, 0.25) is 0 Å². The van der Waals surface area contributed by atoms with E-state index in [9.17, 15) is 8.78 Å². The highest BCUT2D eigenvalue weighted by atomic mass is 19.3. The number of alkyl halides is 2. The summed E-state index contributed by atoms with van der Waals surface area (Å²) in [6, 6.07) is 1.68. The summed E-state index contributed by atoms with van der Waals surface area (Å²) in [5.74, 6) is 6.17. The second-order valence-electron chi connectivity index (χ2n) is 3.54. The van der Waals surface area contributed by atoms with Crippen LogP contribution >= 0.6 is 0 Å². The van der Waals surface area contributed by atoms with Gasteiger partial charge < -0.3 is 5.43 Å². The number of nitrogens with one attached hydrogen (secondary N) is 1. The quantitative estimate of drug-likeness (QED) is 0.578. The first-order chi connectivity index (χ1) is 7.51. The summed E-state index contributed by atoms with van der Waals surface area (Å²) in [4.78, 5) is 9.66. The molecule has 0 aliphatic rings. The molecule has 0 amide bonds. The van der Waals surface area contributed by atoms with Gasteiger partial charge in [0.15, 0.2) is 0 Å². The molecule has 3 N–H and O–H groups in total. The molecular formula is C9H15F2N5. The molecule has 0 aliphatic heterocycles. The second kappa shape index (κ2) is 5.66. The number of hydrazine groups is 1. The highest BCUT2D eigenvalue weighted by Gasteiger charge is 2.10. The molecule has 0 spiro atoms. The van der Waals surface area contributed by atoms with E-state index in [-0.39, 0.29) is 13.1 Å². The van der Waals surface area contributed by atoms with E-state index in [1.165, 1.54) is 4.90 Å². The fourth-order valence-electron chi connectivity index (χ4n) is 1.32. The molecule has 1 aromatic rings. The van der Waals surface area contributed by atoms with Crippen LogP contribution in [-0.2, 0) is 6.54 Å². The first kappa shape index (κ1) is 12.7. The van der Waals surface area contributed by atoms with Gasteiger partial charge >= 0.3 is 0 Å². The van der Waals surface area contributed by atoms with Crippen LogP contribution in [0.5, 0.6) is 0 Å². The molecule has 0 aliphatic carbocycles. The summed E-state index contributed by atoms with van der Waals surface area (Å²) in [5.41, 5.74) is 3.14. The van der Waals surface area contributed by atoms with E-state index in [1.807, 2.05) is 0 Å². The highest BCUT2D eigenvalue weighted by Crippen LogP contribution is 2.07. The highest BCUT2D eigenvalue weighted by molar-refractivity contribution is 5.33. The van der Waals surface area contributed by atoms with Crippen molar-refractivity contribution in [3.8, 4) is 0 Å². The lowest BCUT2D eigenvalue weighted by Gasteiger charge is -2.15. The van der Waals surface area contributed by atoms with Gasteiger partial charge in [-0.1, -0.05) is 0 Å². The number of rotatable bonds is 5. The van der Waals surface area contributed by atoms with Crippen molar-refractivity contribution in [2.75, 3.05) is 19.0 Å². The Kier molecular flexibility index (Phi) is 4.51. The topological polar surface area (TPSA) is 67.1 Å². The van der Waals surface area contributed by atoms with Crippen molar-refractivity contribution in [1.29, 1.82) is 0 Å². The van der Waals surface area contributed by atoms with Crippen molar-refractivity contribution in [2.45, 2.75) is 19.9 Å². The Balaban J connectivity index is 2.69. The molecule has 0 aromatic carbocycles. The maximum absolute atomic E-state index is 12.1. The fourth-order valence-corrected chi connectivity index (χ4v) is 1.32. The van der Waals surface area contributed by atoms with Gasteiger partial charge in [0.05, 0.1) is 13.1 Å². The van der Waals surface area contributed by atoms with E-state index in [4.69, 9.17) is 5.84 Å². The number of halogens is 2. The van der Waals surface area contributed by atoms with Crippen LogP contribution in [0.4, 0.5) is 14.6 Å². The standard InChI is InChI=1S/C9H15F2N5/c1-6-3-8(15-12)14-9(13-6)5-16(2)4-7(10)11/h3,7H,4-5,12H2,1-2H3,(H,13,14,15). The van der Waals surface area contributed by atoms with E-state index in [0.29, 0.717) is 11.6 Å². The summed E-state index contributed by atoms with van der Waals surface area (Å²) in [6.45, 7) is 1.75. The van der Waals surface area contributed by atoms with E-state index >= 15 is 0 Å². The zero-order chi connectivity index (χ0) is 12.1. The minimum atomic E-state index is -2.36. The monoisotopic (exact) mass is 231 g/mol. The third kappa shape index (κ3) is 4.03. The van der Waals surface area contributed by atoms with Gasteiger partial charge in [0.1, 0.15) is 11.6 Å². The minimum Gasteiger partial charge on any atom is -0.308 e. The first-order valence-corrected chi connectivity index (χ1v) is 4.79. The zero-order valence-corrected chi connectivity index (χ0v) is 9.24. The van der Waals surface area contributed by atoms with Gasteiger partial charge in [-0.15, -0.1) is 0 Å². The number of aromatic nitrogens is 2. The lowest BCUT2D eigenvalue weighted by molar-refractivity contribution is 0.0965. The summed E-state index contributed by atoms with van der Waals surface area (Å²) in [5, 5.41) is 0. The molecular weight excluding hydrogens is 216 g/mol. The number of hydrogen-bond donors (Lipinski definition) is 2. The Morgan fingerprint density at radius 3 is 2.75 bits per heavy atom. The van der Waals surface area contributed by atoms with Crippen molar-refractivity contribution in [3.63, 3.8) is 0 Å². The van der Waals surface area contributed by atoms with Crippen LogP contribution in [0.3, 0.4) is 0 Å². The Hall–Kier alpha value is -1.34. The molecule has 0 atom stereocenters. The molecule has 0 bridgehead atoms. The first-order valence-electron chi connectivity index (χ1n) is 4.79. The van der Waals surface area contributed by atoms with E-state index < -0.39 is 6.43 Å². The summed E-state index contributed by atoms with van der Waals surface area (Å²) >= 11 is 0. The summed E-state index contributed by atoms with van der Waals surface area (Å²) < 4.78 is 24.2. The van der Waals surface area contributed by atoms with Gasteiger partial charge in [-0.2, -0.15) is 0 Å². The molecule has 0 unspecified atom stereocenters. The van der Waals surface area contributed by atoms with Crippen molar-refractivity contribution in [1.82, 2.24) is 14.9 Å². The maximum atomic E-state index is 12.1. The molecule has 90 valence electrons. The molecule has 1 aromatic heterocycles. The van der Waals surface area contributed by atoms with Gasteiger partial charge in [0, 0.05) is 11.8 Å². The molecule has 0 radical (unpaired) electrons. The van der Waals surface area contributed by atoms with Crippen LogP contribution in [0.1, 0.15) is 11.5 Å². The zero-order valence-electron chi connectivity index (χ0n) is 9.24. The number of hydrogen-bond acceptors (Lipinski definition) is 5. The Bertz CT molecular complexity index is 345. The summed E-state index contributed by atoms with van der Waals surface area (Å²) in [7, 11) is 1.59. The third-order valence-electron chi connectivity index (χ3n) is 1.91. The van der Waals surface area contributed by atoms with Gasteiger partial charge in [0.25, 0.3) is 6.43 Å². The number of aryl methyl sites for hydroxylation is 1. The van der Waals surface area contributed by atoms with Crippen molar-refractivity contribution in [3.05, 3.63) is 17.6 Å². The molecule has 0 fully saturated rings. The smallest absolute Gasteiger partial charge is 0.251 e. The SMILES string of the molecule is Cc1cc(NN)nc(CN(C)CC(F)F)n1. The van der Waals surface area contributed by atoms with Crippen LogP contribution in [0.15, 0.2) is 6.07 Å². The van der Waals surface area contributed by atoms with Crippen molar-refractivity contribution < 1.29 is 8.78 Å². The van der Waals surface area contributed by atoms with Gasteiger partial charge in [0.2, 0.25) is 0 Å². The molecule has 0 saturated heterocycles. The number of nitrogens with zero attached hydrogens (tertiary/aromatic N) is 3. The minimum absolute atomic E-state index is 0.265. The molecule has 0 saturated carbocycles. The van der Waals surface area contributed by atoms with Crippen molar-refractivity contribution >= 4 is 5.82 Å². The predicted octanol–water partition coefficient (Wildman–Crippen LogP) is 0.768. The lowest BCUT2D eigenvalue weighted by atomic mass is 10.4. The molecule has 1 heterocycles. The Labute approximate surface area is 92.6 Å². The van der Waals surface area contributed by atoms with Crippen LogP contribution in [0.25, 0.3) is 0 Å². The number of anilines is 1. The van der Waals surface area contributed by atoms with Gasteiger partial charge in [-0.3, -0.25) is 4.90 Å². The van der Waals surface area contributed by atoms with Crippen LogP contribution in [0, 0.1) is 6.92 Å². The molecule has 7 heteroatoms. The second-order valence-corrected chi connectivity index (χ2v) is 3.54. The lowest BCUT2D eigenvalue weighted by Crippen LogP contribution is -2.25. The molecule has 1 rings (SSSR count). The maximum Gasteiger partial charge on any atom is 0.251 e. The van der Waals surface area contributed by atoms with E-state index in [1.54, 1.807) is 20.0 Å². The fraction of sp³-hybridized carbons (Fsp3) is 0.556. The molecule has 16 heavy (non-hydrogen) atoms. The normalized spacial score (nSPS) is 11.2. The van der Waals surface area contributed by atoms with Gasteiger partial charge in [-0.25, -0.2) is 24.6 Å². The Morgan fingerprint density at radius 2 is 2.19 bits per heavy atom. The third-order valence-corrected chi connectivity index (χ3v) is 1.91. The average Bonchev–Trinajstić information content (AvgIpc) is 2.14. The number of nitrogens with two attached hydrogens (primary N) is 1.